The highest BCUT2D eigenvalue weighted by Gasteiger charge is 2.23. The van der Waals surface area contributed by atoms with Crippen LogP contribution in [-0.2, 0) is 13.0 Å². The summed E-state index contributed by atoms with van der Waals surface area (Å²) in [6.07, 6.45) is 0.746. The fraction of sp³-hybridized carbons (Fsp3) is 0.700. The van der Waals surface area contributed by atoms with Gasteiger partial charge in [0.1, 0.15) is 6.04 Å². The van der Waals surface area contributed by atoms with Gasteiger partial charge in [-0.15, -0.1) is 10.2 Å². The van der Waals surface area contributed by atoms with E-state index in [9.17, 15) is 0 Å². The normalized spacial score (nSPS) is 21.9. The largest absolute Gasteiger partial charge is 0.424 e. The monoisotopic (exact) mass is 221 g/mol. The third-order valence-corrected chi connectivity index (χ3v) is 2.65. The molecule has 0 aromatic carbocycles. The van der Waals surface area contributed by atoms with E-state index in [2.05, 4.69) is 26.5 Å². The number of aromatic nitrogens is 2. The van der Waals surface area contributed by atoms with Gasteiger partial charge in [-0.1, -0.05) is 6.92 Å². The molecular formula is C10H15N5O. The first-order valence-corrected chi connectivity index (χ1v) is 5.49. The van der Waals surface area contributed by atoms with Crippen molar-refractivity contribution in [2.75, 3.05) is 19.6 Å². The molecule has 6 heteroatoms. The number of rotatable bonds is 3. The van der Waals surface area contributed by atoms with Crippen LogP contribution < -0.4 is 5.32 Å². The second-order valence-corrected chi connectivity index (χ2v) is 3.76. The van der Waals surface area contributed by atoms with Crippen LogP contribution in [0.25, 0.3) is 0 Å². The molecule has 1 saturated heterocycles. The molecule has 1 aromatic rings. The molecule has 6 nitrogen and oxygen atoms in total. The van der Waals surface area contributed by atoms with Crippen molar-refractivity contribution in [1.29, 1.82) is 5.26 Å². The van der Waals surface area contributed by atoms with Crippen LogP contribution in [0.5, 0.6) is 0 Å². The number of nitrogens with one attached hydrogen (secondary N) is 1. The predicted octanol–water partition coefficient (Wildman–Crippen LogP) is -0.0706. The maximum Gasteiger partial charge on any atom is 0.230 e. The Balaban J connectivity index is 1.99. The first kappa shape index (κ1) is 11.0. The van der Waals surface area contributed by atoms with Crippen LogP contribution in [0.1, 0.15) is 18.7 Å². The van der Waals surface area contributed by atoms with E-state index >= 15 is 0 Å². The first-order valence-electron chi connectivity index (χ1n) is 5.49. The van der Waals surface area contributed by atoms with Crippen molar-refractivity contribution >= 4 is 0 Å². The molecule has 1 unspecified atom stereocenters. The maximum atomic E-state index is 8.99. The third-order valence-electron chi connectivity index (χ3n) is 2.65. The van der Waals surface area contributed by atoms with Gasteiger partial charge in [0.2, 0.25) is 11.8 Å². The molecule has 2 rings (SSSR count). The van der Waals surface area contributed by atoms with Gasteiger partial charge in [0.25, 0.3) is 0 Å². The zero-order valence-electron chi connectivity index (χ0n) is 9.31. The molecule has 86 valence electrons. The van der Waals surface area contributed by atoms with Crippen molar-refractivity contribution in [2.45, 2.75) is 25.9 Å². The molecule has 0 aliphatic carbocycles. The molecule has 1 N–H and O–H groups in total. The van der Waals surface area contributed by atoms with Gasteiger partial charge in [0.15, 0.2) is 0 Å². The Kier molecular flexibility index (Phi) is 3.49. The number of hydrogen-bond donors (Lipinski definition) is 1. The van der Waals surface area contributed by atoms with Gasteiger partial charge in [-0.05, 0) is 0 Å². The van der Waals surface area contributed by atoms with Crippen LogP contribution in [0, 0.1) is 11.3 Å². The molecule has 0 saturated carbocycles. The van der Waals surface area contributed by atoms with E-state index in [-0.39, 0.29) is 6.04 Å². The Labute approximate surface area is 94.2 Å². The lowest BCUT2D eigenvalue weighted by atomic mass is 10.2. The average Bonchev–Trinajstić information content (AvgIpc) is 2.77. The van der Waals surface area contributed by atoms with Crippen LogP contribution in [0.2, 0.25) is 0 Å². The molecule has 0 amide bonds. The smallest absolute Gasteiger partial charge is 0.230 e. The minimum Gasteiger partial charge on any atom is -0.424 e. The molecular weight excluding hydrogens is 206 g/mol. The molecule has 0 bridgehead atoms. The van der Waals surface area contributed by atoms with Crippen LogP contribution in [0.3, 0.4) is 0 Å². The lowest BCUT2D eigenvalue weighted by Gasteiger charge is -2.30. The second-order valence-electron chi connectivity index (χ2n) is 3.76. The number of nitriles is 1. The zero-order valence-corrected chi connectivity index (χ0v) is 9.31. The van der Waals surface area contributed by atoms with Crippen molar-refractivity contribution in [3.05, 3.63) is 11.8 Å². The zero-order chi connectivity index (χ0) is 11.4. The molecule has 16 heavy (non-hydrogen) atoms. The van der Waals surface area contributed by atoms with Crippen molar-refractivity contribution in [1.82, 2.24) is 20.4 Å². The molecule has 1 atom stereocenters. The quantitative estimate of drug-likeness (QED) is 0.769. The highest BCUT2D eigenvalue weighted by atomic mass is 16.4. The Morgan fingerprint density at radius 2 is 2.38 bits per heavy atom. The van der Waals surface area contributed by atoms with Gasteiger partial charge >= 0.3 is 0 Å². The minimum atomic E-state index is -0.106. The van der Waals surface area contributed by atoms with E-state index in [1.807, 2.05) is 6.92 Å². The molecule has 0 radical (unpaired) electrons. The van der Waals surface area contributed by atoms with Gasteiger partial charge in [-0.25, -0.2) is 0 Å². The van der Waals surface area contributed by atoms with Crippen molar-refractivity contribution in [2.24, 2.45) is 0 Å². The summed E-state index contributed by atoms with van der Waals surface area (Å²) in [5.74, 6) is 1.25. The van der Waals surface area contributed by atoms with E-state index in [0.29, 0.717) is 24.9 Å². The molecule has 1 aliphatic heterocycles. The number of piperazine rings is 1. The van der Waals surface area contributed by atoms with E-state index < -0.39 is 0 Å². The Morgan fingerprint density at radius 3 is 3.06 bits per heavy atom. The minimum absolute atomic E-state index is 0.106. The standard InChI is InChI=1S/C10H15N5O/c1-2-9-13-14-10(16-9)7-15-4-3-12-6-8(15)5-11/h8,12H,2-4,6-7H2,1H3. The van der Waals surface area contributed by atoms with Crippen molar-refractivity contribution in [3.63, 3.8) is 0 Å². The molecule has 0 spiro atoms. The fourth-order valence-electron chi connectivity index (χ4n) is 1.73. The summed E-state index contributed by atoms with van der Waals surface area (Å²) in [7, 11) is 0. The summed E-state index contributed by atoms with van der Waals surface area (Å²) in [5, 5.41) is 20.1. The first-order chi connectivity index (χ1) is 7.83. The molecule has 1 fully saturated rings. The highest BCUT2D eigenvalue weighted by molar-refractivity contribution is 4.97. The number of hydrogen-bond acceptors (Lipinski definition) is 6. The van der Waals surface area contributed by atoms with E-state index in [4.69, 9.17) is 9.68 Å². The van der Waals surface area contributed by atoms with Crippen LogP contribution in [-0.4, -0.2) is 40.8 Å². The average molecular weight is 221 g/mol. The van der Waals surface area contributed by atoms with Gasteiger partial charge in [0.05, 0.1) is 12.6 Å². The fourth-order valence-corrected chi connectivity index (χ4v) is 1.73. The lowest BCUT2D eigenvalue weighted by molar-refractivity contribution is 0.172. The van der Waals surface area contributed by atoms with E-state index in [1.165, 1.54) is 0 Å². The molecule has 2 heterocycles. The van der Waals surface area contributed by atoms with Crippen LogP contribution in [0.4, 0.5) is 0 Å². The van der Waals surface area contributed by atoms with E-state index in [1.54, 1.807) is 0 Å². The van der Waals surface area contributed by atoms with Gasteiger partial charge in [-0.3, -0.25) is 4.90 Å². The third kappa shape index (κ3) is 2.38. The van der Waals surface area contributed by atoms with Crippen molar-refractivity contribution < 1.29 is 4.42 Å². The SMILES string of the molecule is CCc1nnc(CN2CCNCC2C#N)o1. The van der Waals surface area contributed by atoms with Crippen molar-refractivity contribution in [3.8, 4) is 6.07 Å². The molecule has 1 aromatic heterocycles. The van der Waals surface area contributed by atoms with E-state index in [0.717, 1.165) is 19.5 Å². The summed E-state index contributed by atoms with van der Waals surface area (Å²) in [5.41, 5.74) is 0. The topological polar surface area (TPSA) is 78.0 Å². The molecule has 1 aliphatic rings. The highest BCUT2D eigenvalue weighted by Crippen LogP contribution is 2.09. The van der Waals surface area contributed by atoms with Crippen LogP contribution >= 0.6 is 0 Å². The number of nitrogens with zero attached hydrogens (tertiary/aromatic N) is 4. The van der Waals surface area contributed by atoms with Gasteiger partial charge in [0, 0.05) is 26.1 Å². The second kappa shape index (κ2) is 5.05. The lowest BCUT2D eigenvalue weighted by Crippen LogP contribution is -2.50. The van der Waals surface area contributed by atoms with Gasteiger partial charge in [-0.2, -0.15) is 5.26 Å². The Morgan fingerprint density at radius 1 is 1.56 bits per heavy atom. The summed E-state index contributed by atoms with van der Waals surface area (Å²) in [4.78, 5) is 2.06. The predicted molar refractivity (Wildman–Crippen MR) is 56.4 cm³/mol. The number of aryl methyl sites for hydroxylation is 1. The summed E-state index contributed by atoms with van der Waals surface area (Å²) >= 11 is 0. The van der Waals surface area contributed by atoms with Crippen LogP contribution in [0.15, 0.2) is 4.42 Å². The van der Waals surface area contributed by atoms with Gasteiger partial charge < -0.3 is 9.73 Å². The summed E-state index contributed by atoms with van der Waals surface area (Å²) < 4.78 is 5.43. The maximum absolute atomic E-state index is 8.99. The Bertz CT molecular complexity index is 383. The summed E-state index contributed by atoms with van der Waals surface area (Å²) in [6, 6.07) is 2.16. The summed E-state index contributed by atoms with van der Waals surface area (Å²) in [6.45, 7) is 4.97. The Hall–Kier alpha value is -1.45.